The van der Waals surface area contributed by atoms with Crippen LogP contribution >= 0.6 is 0 Å². The van der Waals surface area contributed by atoms with Gasteiger partial charge in [-0.3, -0.25) is 0 Å². The second-order valence-corrected chi connectivity index (χ2v) is 6.40. The lowest BCUT2D eigenvalue weighted by molar-refractivity contribution is -0.0476. The van der Waals surface area contributed by atoms with E-state index in [0.29, 0.717) is 5.92 Å². The maximum absolute atomic E-state index is 11.2. The van der Waals surface area contributed by atoms with Crippen molar-refractivity contribution in [2.45, 2.75) is 44.1 Å². The summed E-state index contributed by atoms with van der Waals surface area (Å²) in [6.45, 7) is 0. The van der Waals surface area contributed by atoms with E-state index < -0.39 is 5.60 Å². The molecule has 1 heteroatoms. The van der Waals surface area contributed by atoms with E-state index in [4.69, 9.17) is 0 Å². The van der Waals surface area contributed by atoms with Gasteiger partial charge in [-0.2, -0.15) is 0 Å². The average molecular weight is 280 g/mol. The topological polar surface area (TPSA) is 20.2 Å². The molecule has 0 aromatic heterocycles. The van der Waals surface area contributed by atoms with E-state index >= 15 is 0 Å². The Morgan fingerprint density at radius 3 is 2.14 bits per heavy atom. The molecule has 110 valence electrons. The van der Waals surface area contributed by atoms with Crippen LogP contribution in [0.4, 0.5) is 0 Å². The summed E-state index contributed by atoms with van der Waals surface area (Å²) in [5, 5.41) is 11.2. The number of rotatable bonds is 4. The van der Waals surface area contributed by atoms with Gasteiger partial charge in [0.25, 0.3) is 0 Å². The number of hydrogen-bond acceptors (Lipinski definition) is 1. The number of aliphatic hydroxyl groups is 1. The summed E-state index contributed by atoms with van der Waals surface area (Å²) in [5.74, 6) is 0.369. The van der Waals surface area contributed by atoms with E-state index in [1.54, 1.807) is 0 Å². The smallest absolute Gasteiger partial charge is 0.0719 e. The summed E-state index contributed by atoms with van der Waals surface area (Å²) in [6.07, 6.45) is 6.23. The Labute approximate surface area is 127 Å². The summed E-state index contributed by atoms with van der Waals surface area (Å²) < 4.78 is 0. The zero-order chi connectivity index (χ0) is 14.5. The predicted octanol–water partition coefficient (Wildman–Crippen LogP) is 4.39. The molecular weight excluding hydrogens is 256 g/mol. The fraction of sp³-hybridized carbons (Fsp3) is 0.400. The van der Waals surface area contributed by atoms with Gasteiger partial charge in [0, 0.05) is 6.42 Å². The van der Waals surface area contributed by atoms with Gasteiger partial charge in [-0.25, -0.2) is 0 Å². The van der Waals surface area contributed by atoms with Gasteiger partial charge in [0.15, 0.2) is 0 Å². The molecule has 21 heavy (non-hydrogen) atoms. The van der Waals surface area contributed by atoms with Crippen LogP contribution < -0.4 is 0 Å². The highest BCUT2D eigenvalue weighted by Gasteiger charge is 2.38. The second kappa shape index (κ2) is 6.44. The first-order chi connectivity index (χ1) is 10.3. The molecule has 0 heterocycles. The van der Waals surface area contributed by atoms with E-state index in [-0.39, 0.29) is 0 Å². The Hall–Kier alpha value is -1.60. The standard InChI is InChI=1S/C20H24O/c21-20(16-18-11-5-2-6-12-18)14-8-7-13-19(20)15-17-9-3-1-4-10-17/h1-6,9-12,19,21H,7-8,13-16H2. The van der Waals surface area contributed by atoms with E-state index in [1.165, 1.54) is 17.5 Å². The Morgan fingerprint density at radius 1 is 0.857 bits per heavy atom. The first kappa shape index (κ1) is 14.3. The minimum atomic E-state index is -0.546. The van der Waals surface area contributed by atoms with Crippen LogP contribution in [0, 0.1) is 5.92 Å². The van der Waals surface area contributed by atoms with Crippen molar-refractivity contribution in [2.75, 3.05) is 0 Å². The fourth-order valence-electron chi connectivity index (χ4n) is 3.67. The Bertz CT molecular complexity index is 549. The third-order valence-corrected chi connectivity index (χ3v) is 4.85. The summed E-state index contributed by atoms with van der Waals surface area (Å²) in [5.41, 5.74) is 2.05. The van der Waals surface area contributed by atoms with Crippen molar-refractivity contribution in [3.63, 3.8) is 0 Å². The third kappa shape index (κ3) is 3.54. The van der Waals surface area contributed by atoms with Gasteiger partial charge in [-0.15, -0.1) is 0 Å². The van der Waals surface area contributed by atoms with Crippen LogP contribution in [0.15, 0.2) is 60.7 Å². The van der Waals surface area contributed by atoms with Crippen LogP contribution in [0.2, 0.25) is 0 Å². The molecule has 1 nitrogen and oxygen atoms in total. The fourth-order valence-corrected chi connectivity index (χ4v) is 3.67. The Morgan fingerprint density at radius 2 is 1.48 bits per heavy atom. The van der Waals surface area contributed by atoms with Gasteiger partial charge in [-0.05, 0) is 36.3 Å². The summed E-state index contributed by atoms with van der Waals surface area (Å²) >= 11 is 0. The molecule has 0 spiro atoms. The van der Waals surface area contributed by atoms with Crippen molar-refractivity contribution in [3.8, 4) is 0 Å². The maximum atomic E-state index is 11.2. The van der Waals surface area contributed by atoms with Crippen LogP contribution in [-0.2, 0) is 12.8 Å². The van der Waals surface area contributed by atoms with E-state index in [2.05, 4.69) is 54.6 Å². The molecule has 2 atom stereocenters. The van der Waals surface area contributed by atoms with Gasteiger partial charge in [-0.1, -0.05) is 73.5 Å². The minimum absolute atomic E-state index is 0.369. The normalized spacial score (nSPS) is 25.7. The monoisotopic (exact) mass is 280 g/mol. The maximum Gasteiger partial charge on any atom is 0.0719 e. The van der Waals surface area contributed by atoms with Crippen LogP contribution in [0.3, 0.4) is 0 Å². The highest BCUT2D eigenvalue weighted by Crippen LogP contribution is 2.38. The molecule has 2 aromatic rings. The summed E-state index contributed by atoms with van der Waals surface area (Å²) in [6, 6.07) is 21.0. The molecule has 0 aliphatic heterocycles. The number of hydrogen-bond donors (Lipinski definition) is 1. The molecule has 2 aromatic carbocycles. The lowest BCUT2D eigenvalue weighted by Crippen LogP contribution is -2.43. The molecule has 1 aliphatic rings. The summed E-state index contributed by atoms with van der Waals surface area (Å²) in [7, 11) is 0. The molecule has 0 saturated heterocycles. The molecule has 0 radical (unpaired) electrons. The molecule has 1 aliphatic carbocycles. The number of benzene rings is 2. The van der Waals surface area contributed by atoms with E-state index in [0.717, 1.165) is 32.1 Å². The molecule has 3 rings (SSSR count). The van der Waals surface area contributed by atoms with Crippen molar-refractivity contribution in [1.82, 2.24) is 0 Å². The highest BCUT2D eigenvalue weighted by molar-refractivity contribution is 5.20. The van der Waals surface area contributed by atoms with Crippen molar-refractivity contribution >= 4 is 0 Å². The van der Waals surface area contributed by atoms with Gasteiger partial charge in [0.05, 0.1) is 5.60 Å². The minimum Gasteiger partial charge on any atom is -0.389 e. The molecule has 1 saturated carbocycles. The lowest BCUT2D eigenvalue weighted by Gasteiger charge is -2.40. The Kier molecular flexibility index (Phi) is 4.40. The van der Waals surface area contributed by atoms with Crippen molar-refractivity contribution in [2.24, 2.45) is 5.92 Å². The van der Waals surface area contributed by atoms with Gasteiger partial charge >= 0.3 is 0 Å². The first-order valence-electron chi connectivity index (χ1n) is 8.06. The Balaban J connectivity index is 1.77. The molecular formula is C20H24O. The first-order valence-corrected chi connectivity index (χ1v) is 8.06. The van der Waals surface area contributed by atoms with Crippen molar-refractivity contribution < 1.29 is 5.11 Å². The van der Waals surface area contributed by atoms with Gasteiger partial charge < -0.3 is 5.11 Å². The molecule has 0 amide bonds. The van der Waals surface area contributed by atoms with Crippen LogP contribution in [0.25, 0.3) is 0 Å². The highest BCUT2D eigenvalue weighted by atomic mass is 16.3. The quantitative estimate of drug-likeness (QED) is 0.880. The lowest BCUT2D eigenvalue weighted by atomic mass is 9.70. The van der Waals surface area contributed by atoms with Crippen molar-refractivity contribution in [1.29, 1.82) is 0 Å². The van der Waals surface area contributed by atoms with Crippen molar-refractivity contribution in [3.05, 3.63) is 71.8 Å². The predicted molar refractivity (Wildman–Crippen MR) is 87.2 cm³/mol. The second-order valence-electron chi connectivity index (χ2n) is 6.40. The van der Waals surface area contributed by atoms with Gasteiger partial charge in [0.2, 0.25) is 0 Å². The molecule has 0 bridgehead atoms. The van der Waals surface area contributed by atoms with E-state index in [9.17, 15) is 5.11 Å². The zero-order valence-corrected chi connectivity index (χ0v) is 12.5. The average Bonchev–Trinajstić information content (AvgIpc) is 2.52. The molecule has 2 unspecified atom stereocenters. The summed E-state index contributed by atoms with van der Waals surface area (Å²) in [4.78, 5) is 0. The van der Waals surface area contributed by atoms with Gasteiger partial charge in [0.1, 0.15) is 0 Å². The van der Waals surface area contributed by atoms with Crippen LogP contribution in [0.1, 0.15) is 36.8 Å². The SMILES string of the molecule is OC1(Cc2ccccc2)CCCCC1Cc1ccccc1. The van der Waals surface area contributed by atoms with Crippen LogP contribution in [-0.4, -0.2) is 10.7 Å². The molecule has 1 fully saturated rings. The third-order valence-electron chi connectivity index (χ3n) is 4.85. The molecule has 1 N–H and O–H groups in total. The van der Waals surface area contributed by atoms with Crippen LogP contribution in [0.5, 0.6) is 0 Å². The van der Waals surface area contributed by atoms with E-state index in [1.807, 2.05) is 6.07 Å². The largest absolute Gasteiger partial charge is 0.389 e. The zero-order valence-electron chi connectivity index (χ0n) is 12.5.